The highest BCUT2D eigenvalue weighted by atomic mass is 16.5. The number of rotatable bonds is 7. The molecule has 1 amide bonds. The molecule has 1 saturated heterocycles. The third-order valence-corrected chi connectivity index (χ3v) is 4.39. The van der Waals surface area contributed by atoms with Crippen LogP contribution in [0, 0.1) is 11.3 Å². The molecule has 1 aliphatic heterocycles. The molecule has 1 heterocycles. The monoisotopic (exact) mass is 254 g/mol. The van der Waals surface area contributed by atoms with Gasteiger partial charge < -0.3 is 15.4 Å². The number of ether oxygens (including phenoxy) is 1. The van der Waals surface area contributed by atoms with Gasteiger partial charge in [-0.15, -0.1) is 0 Å². The van der Waals surface area contributed by atoms with Gasteiger partial charge in [-0.05, 0) is 56.5 Å². The number of hydrogen-bond acceptors (Lipinski definition) is 3. The van der Waals surface area contributed by atoms with Crippen molar-refractivity contribution in [3.63, 3.8) is 0 Å². The lowest BCUT2D eigenvalue weighted by Crippen LogP contribution is -2.34. The van der Waals surface area contributed by atoms with E-state index in [2.05, 4.69) is 10.6 Å². The quantitative estimate of drug-likeness (QED) is 0.720. The molecule has 0 aromatic heterocycles. The number of amides is 1. The van der Waals surface area contributed by atoms with E-state index in [-0.39, 0.29) is 5.91 Å². The molecular weight excluding hydrogens is 228 g/mol. The van der Waals surface area contributed by atoms with Gasteiger partial charge in [0.15, 0.2) is 0 Å². The van der Waals surface area contributed by atoms with Crippen LogP contribution in [0.4, 0.5) is 0 Å². The Labute approximate surface area is 110 Å². The Morgan fingerprint density at radius 2 is 2.11 bits per heavy atom. The van der Waals surface area contributed by atoms with Crippen molar-refractivity contribution in [1.29, 1.82) is 0 Å². The normalized spacial score (nSPS) is 22.7. The van der Waals surface area contributed by atoms with Crippen molar-refractivity contribution < 1.29 is 9.53 Å². The van der Waals surface area contributed by atoms with E-state index in [9.17, 15) is 4.79 Å². The summed E-state index contributed by atoms with van der Waals surface area (Å²) >= 11 is 0. The van der Waals surface area contributed by atoms with Crippen LogP contribution in [0.1, 0.15) is 38.5 Å². The van der Waals surface area contributed by atoms with E-state index < -0.39 is 0 Å². The molecule has 0 bridgehead atoms. The molecule has 0 unspecified atom stereocenters. The Hall–Kier alpha value is -0.610. The van der Waals surface area contributed by atoms with E-state index in [4.69, 9.17) is 4.74 Å². The van der Waals surface area contributed by atoms with E-state index in [0.717, 1.165) is 45.5 Å². The van der Waals surface area contributed by atoms with E-state index in [0.29, 0.717) is 17.8 Å². The van der Waals surface area contributed by atoms with Crippen molar-refractivity contribution in [3.8, 4) is 0 Å². The number of methoxy groups -OCH3 is 1. The van der Waals surface area contributed by atoms with Crippen molar-refractivity contribution in [2.45, 2.75) is 38.5 Å². The number of hydrogen-bond donors (Lipinski definition) is 2. The maximum Gasteiger partial charge on any atom is 0.220 e. The molecule has 0 spiro atoms. The lowest BCUT2D eigenvalue weighted by Gasteiger charge is -2.22. The minimum atomic E-state index is 0.241. The van der Waals surface area contributed by atoms with E-state index in [1.807, 2.05) is 0 Å². The second-order valence-electron chi connectivity index (χ2n) is 5.92. The summed E-state index contributed by atoms with van der Waals surface area (Å²) in [5.74, 6) is 0.825. The van der Waals surface area contributed by atoms with Gasteiger partial charge in [-0.25, -0.2) is 0 Å². The molecule has 0 atom stereocenters. The first-order valence-corrected chi connectivity index (χ1v) is 7.20. The van der Waals surface area contributed by atoms with Gasteiger partial charge in [-0.1, -0.05) is 0 Å². The van der Waals surface area contributed by atoms with E-state index in [1.165, 1.54) is 12.8 Å². The second-order valence-corrected chi connectivity index (χ2v) is 5.92. The largest absolute Gasteiger partial charge is 0.385 e. The molecule has 4 nitrogen and oxygen atoms in total. The molecule has 0 radical (unpaired) electrons. The molecule has 2 N–H and O–H groups in total. The molecule has 0 aromatic rings. The SMILES string of the molecule is COCCC1(CNC(=O)CC2CCNCC2)CC1. The van der Waals surface area contributed by atoms with Gasteiger partial charge in [-0.2, -0.15) is 0 Å². The zero-order valence-electron chi connectivity index (χ0n) is 11.5. The van der Waals surface area contributed by atoms with Gasteiger partial charge in [0.1, 0.15) is 0 Å². The number of carbonyl (C=O) groups excluding carboxylic acids is 1. The standard InChI is InChI=1S/C14H26N2O2/c1-18-9-6-14(4-5-14)11-16-13(17)10-12-2-7-15-8-3-12/h12,15H,2-11H2,1H3,(H,16,17). The van der Waals surface area contributed by atoms with Crippen LogP contribution in [0.2, 0.25) is 0 Å². The van der Waals surface area contributed by atoms with E-state index >= 15 is 0 Å². The van der Waals surface area contributed by atoms with Crippen molar-refractivity contribution in [2.24, 2.45) is 11.3 Å². The molecule has 1 saturated carbocycles. The number of piperidine rings is 1. The fourth-order valence-electron chi connectivity index (χ4n) is 2.72. The van der Waals surface area contributed by atoms with Crippen molar-refractivity contribution in [2.75, 3.05) is 33.4 Å². The minimum Gasteiger partial charge on any atom is -0.385 e. The van der Waals surface area contributed by atoms with Crippen molar-refractivity contribution in [1.82, 2.24) is 10.6 Å². The highest BCUT2D eigenvalue weighted by Crippen LogP contribution is 2.48. The Morgan fingerprint density at radius 3 is 2.72 bits per heavy atom. The molecule has 2 rings (SSSR count). The molecular formula is C14H26N2O2. The lowest BCUT2D eigenvalue weighted by atomic mass is 9.94. The van der Waals surface area contributed by atoms with Gasteiger partial charge >= 0.3 is 0 Å². The first-order valence-electron chi connectivity index (χ1n) is 7.20. The minimum absolute atomic E-state index is 0.241. The van der Waals surface area contributed by atoms with Gasteiger partial charge in [0, 0.05) is 26.7 Å². The average molecular weight is 254 g/mol. The number of nitrogens with one attached hydrogen (secondary N) is 2. The van der Waals surface area contributed by atoms with Crippen LogP contribution in [-0.2, 0) is 9.53 Å². The van der Waals surface area contributed by atoms with E-state index in [1.54, 1.807) is 7.11 Å². The summed E-state index contributed by atoms with van der Waals surface area (Å²) in [5.41, 5.74) is 0.361. The Morgan fingerprint density at radius 1 is 1.39 bits per heavy atom. The Kier molecular flexibility index (Phi) is 5.01. The summed E-state index contributed by atoms with van der Waals surface area (Å²) in [6.45, 7) is 3.79. The predicted octanol–water partition coefficient (Wildman–Crippen LogP) is 1.31. The third-order valence-electron chi connectivity index (χ3n) is 4.39. The predicted molar refractivity (Wildman–Crippen MR) is 71.4 cm³/mol. The Balaban J connectivity index is 1.62. The fourth-order valence-corrected chi connectivity index (χ4v) is 2.72. The van der Waals surface area contributed by atoms with Gasteiger partial charge in [0.25, 0.3) is 0 Å². The maximum atomic E-state index is 11.9. The summed E-state index contributed by atoms with van der Waals surface area (Å²) in [5, 5.41) is 6.46. The van der Waals surface area contributed by atoms with Crippen molar-refractivity contribution >= 4 is 5.91 Å². The second kappa shape index (κ2) is 6.53. The summed E-state index contributed by atoms with van der Waals surface area (Å²) in [4.78, 5) is 11.9. The molecule has 1 aliphatic carbocycles. The van der Waals surface area contributed by atoms with Crippen LogP contribution in [0.25, 0.3) is 0 Å². The smallest absolute Gasteiger partial charge is 0.220 e. The summed E-state index contributed by atoms with van der Waals surface area (Å²) in [6, 6.07) is 0. The van der Waals surface area contributed by atoms with Crippen LogP contribution in [-0.4, -0.2) is 39.3 Å². The first kappa shape index (κ1) is 13.8. The molecule has 4 heteroatoms. The van der Waals surface area contributed by atoms with Gasteiger partial charge in [0.05, 0.1) is 0 Å². The topological polar surface area (TPSA) is 50.4 Å². The van der Waals surface area contributed by atoms with Crippen molar-refractivity contribution in [3.05, 3.63) is 0 Å². The zero-order valence-corrected chi connectivity index (χ0v) is 11.5. The highest BCUT2D eigenvalue weighted by Gasteiger charge is 2.42. The highest BCUT2D eigenvalue weighted by molar-refractivity contribution is 5.76. The van der Waals surface area contributed by atoms with Crippen LogP contribution in [0.5, 0.6) is 0 Å². The molecule has 18 heavy (non-hydrogen) atoms. The average Bonchev–Trinajstić information content (AvgIpc) is 3.16. The van der Waals surface area contributed by atoms with Gasteiger partial charge in [0.2, 0.25) is 5.91 Å². The first-order chi connectivity index (χ1) is 8.74. The Bertz CT molecular complexity index is 271. The molecule has 0 aromatic carbocycles. The van der Waals surface area contributed by atoms with Gasteiger partial charge in [-0.3, -0.25) is 4.79 Å². The van der Waals surface area contributed by atoms with Crippen LogP contribution < -0.4 is 10.6 Å². The van der Waals surface area contributed by atoms with Crippen LogP contribution in [0.15, 0.2) is 0 Å². The fraction of sp³-hybridized carbons (Fsp3) is 0.929. The lowest BCUT2D eigenvalue weighted by molar-refractivity contribution is -0.122. The third kappa shape index (κ3) is 4.25. The molecule has 104 valence electrons. The summed E-state index contributed by atoms with van der Waals surface area (Å²) in [7, 11) is 1.74. The molecule has 2 fully saturated rings. The molecule has 2 aliphatic rings. The summed E-state index contributed by atoms with van der Waals surface area (Å²) < 4.78 is 5.13. The van der Waals surface area contributed by atoms with Crippen LogP contribution in [0.3, 0.4) is 0 Å². The van der Waals surface area contributed by atoms with Crippen LogP contribution >= 0.6 is 0 Å². The summed E-state index contributed by atoms with van der Waals surface area (Å²) in [6.07, 6.45) is 6.55. The maximum absolute atomic E-state index is 11.9. The number of carbonyl (C=O) groups is 1. The zero-order chi connectivity index (χ0) is 12.8.